The number of hydrogen-bond donors (Lipinski definition) is 2. The van der Waals surface area contributed by atoms with Crippen LogP contribution in [0.2, 0.25) is 0 Å². The molecule has 0 saturated heterocycles. The summed E-state index contributed by atoms with van der Waals surface area (Å²) in [7, 11) is 1.83. The van der Waals surface area contributed by atoms with E-state index in [0.29, 0.717) is 18.5 Å². The summed E-state index contributed by atoms with van der Waals surface area (Å²) in [4.78, 5) is 14.4. The third-order valence-electron chi connectivity index (χ3n) is 5.10. The van der Waals surface area contributed by atoms with Crippen molar-refractivity contribution >= 4 is 5.91 Å². The van der Waals surface area contributed by atoms with Crippen LogP contribution in [0.25, 0.3) is 0 Å². The molecule has 2 aromatic rings. The quantitative estimate of drug-likeness (QED) is 0.836. The van der Waals surface area contributed by atoms with Crippen molar-refractivity contribution in [3.05, 3.63) is 52.3 Å². The molecule has 0 unspecified atom stereocenters. The Morgan fingerprint density at radius 2 is 1.92 bits per heavy atom. The van der Waals surface area contributed by atoms with E-state index in [1.165, 1.54) is 24.1 Å². The molecule has 1 amide bonds. The monoisotopic (exact) mass is 355 g/mol. The van der Waals surface area contributed by atoms with E-state index >= 15 is 0 Å². The normalized spacial score (nSPS) is 14.2. The summed E-state index contributed by atoms with van der Waals surface area (Å²) in [5, 5.41) is 17.4. The second-order valence-corrected chi connectivity index (χ2v) is 8.01. The number of aromatic amines is 1. The highest BCUT2D eigenvalue weighted by Crippen LogP contribution is 2.23. The van der Waals surface area contributed by atoms with E-state index < -0.39 is 5.60 Å². The number of rotatable bonds is 6. The van der Waals surface area contributed by atoms with Gasteiger partial charge in [0, 0.05) is 18.3 Å². The molecule has 5 heteroatoms. The highest BCUT2D eigenvalue weighted by atomic mass is 16.3. The van der Waals surface area contributed by atoms with Gasteiger partial charge in [-0.15, -0.1) is 0 Å². The number of hydrogen-bond acceptors (Lipinski definition) is 3. The van der Waals surface area contributed by atoms with Crippen molar-refractivity contribution in [2.45, 2.75) is 64.5 Å². The van der Waals surface area contributed by atoms with E-state index in [9.17, 15) is 9.90 Å². The van der Waals surface area contributed by atoms with Crippen molar-refractivity contribution in [3.8, 4) is 0 Å². The summed E-state index contributed by atoms with van der Waals surface area (Å²) in [5.74, 6) is 0.00611. The van der Waals surface area contributed by atoms with Crippen molar-refractivity contribution < 1.29 is 9.90 Å². The van der Waals surface area contributed by atoms with E-state index in [4.69, 9.17) is 0 Å². The lowest BCUT2D eigenvalue weighted by Gasteiger charge is -2.19. The molecule has 1 aromatic carbocycles. The number of aromatic nitrogens is 2. The number of nitrogens with zero attached hydrogens (tertiary/aromatic N) is 2. The molecule has 0 radical (unpaired) electrons. The maximum absolute atomic E-state index is 12.7. The molecular formula is C21H29N3O2. The number of nitrogens with one attached hydrogen (secondary N) is 1. The smallest absolute Gasteiger partial charge is 0.253 e. The number of aryl methyl sites for hydroxylation is 2. The van der Waals surface area contributed by atoms with E-state index in [-0.39, 0.29) is 5.91 Å². The van der Waals surface area contributed by atoms with Crippen molar-refractivity contribution in [1.29, 1.82) is 0 Å². The van der Waals surface area contributed by atoms with Crippen molar-refractivity contribution in [1.82, 2.24) is 15.1 Å². The Morgan fingerprint density at radius 3 is 2.62 bits per heavy atom. The molecule has 3 rings (SSSR count). The van der Waals surface area contributed by atoms with Gasteiger partial charge < -0.3 is 10.0 Å². The Morgan fingerprint density at radius 1 is 1.23 bits per heavy atom. The fourth-order valence-electron chi connectivity index (χ4n) is 3.46. The van der Waals surface area contributed by atoms with Gasteiger partial charge in [-0.2, -0.15) is 5.10 Å². The molecule has 0 fully saturated rings. The highest BCUT2D eigenvalue weighted by Gasteiger charge is 2.20. The van der Waals surface area contributed by atoms with Crippen molar-refractivity contribution in [2.75, 3.05) is 7.05 Å². The fourth-order valence-corrected chi connectivity index (χ4v) is 3.46. The zero-order chi connectivity index (χ0) is 18.7. The maximum atomic E-state index is 12.7. The second kappa shape index (κ2) is 7.62. The Bertz CT molecular complexity index is 757. The topological polar surface area (TPSA) is 69.2 Å². The van der Waals surface area contributed by atoms with Gasteiger partial charge in [0.15, 0.2) is 0 Å². The Hall–Kier alpha value is -2.14. The van der Waals surface area contributed by atoms with Gasteiger partial charge in [-0.1, -0.05) is 12.1 Å². The fraction of sp³-hybridized carbons (Fsp3) is 0.524. The van der Waals surface area contributed by atoms with Gasteiger partial charge in [-0.3, -0.25) is 9.89 Å². The first-order valence-corrected chi connectivity index (χ1v) is 9.45. The van der Waals surface area contributed by atoms with Crippen molar-refractivity contribution in [3.63, 3.8) is 0 Å². The molecular weight excluding hydrogens is 326 g/mol. The zero-order valence-electron chi connectivity index (χ0n) is 16.0. The standard InChI is InChI=1S/C21H29N3O2/c1-21(2,26)13-12-15-8-10-16(11-9-15)20(25)24(3)14-19-17-6-4-5-7-18(17)22-23-19/h8-11,26H,4-7,12-14H2,1-3H3,(H,22,23). The molecule has 1 aromatic heterocycles. The lowest BCUT2D eigenvalue weighted by Crippen LogP contribution is -2.27. The average Bonchev–Trinajstić information content (AvgIpc) is 3.02. The second-order valence-electron chi connectivity index (χ2n) is 8.01. The number of fused-ring (bicyclic) bond motifs is 1. The maximum Gasteiger partial charge on any atom is 0.253 e. The van der Waals surface area contributed by atoms with Crippen LogP contribution < -0.4 is 0 Å². The predicted molar refractivity (Wildman–Crippen MR) is 102 cm³/mol. The number of H-pyrrole nitrogens is 1. The summed E-state index contributed by atoms with van der Waals surface area (Å²) in [6.45, 7) is 4.16. The molecule has 0 bridgehead atoms. The van der Waals surface area contributed by atoms with Crippen LogP contribution in [-0.2, 0) is 25.8 Å². The largest absolute Gasteiger partial charge is 0.390 e. The molecule has 2 N–H and O–H groups in total. The van der Waals surface area contributed by atoms with Gasteiger partial charge in [0.2, 0.25) is 0 Å². The van der Waals surface area contributed by atoms with Gasteiger partial charge in [0.25, 0.3) is 5.91 Å². The minimum atomic E-state index is -0.669. The molecule has 1 heterocycles. The summed E-state index contributed by atoms with van der Waals surface area (Å²) in [6.07, 6.45) is 6.02. The van der Waals surface area contributed by atoms with Crippen LogP contribution in [0.3, 0.4) is 0 Å². The third-order valence-corrected chi connectivity index (χ3v) is 5.10. The molecule has 0 spiro atoms. The van der Waals surface area contributed by atoms with Crippen LogP contribution in [0.5, 0.6) is 0 Å². The minimum absolute atomic E-state index is 0.00611. The molecule has 1 aliphatic carbocycles. The summed E-state index contributed by atoms with van der Waals surface area (Å²) >= 11 is 0. The number of carbonyl (C=O) groups is 1. The van der Waals surface area contributed by atoms with Crippen LogP contribution in [-0.4, -0.2) is 38.8 Å². The molecule has 0 aliphatic heterocycles. The van der Waals surface area contributed by atoms with E-state index in [1.807, 2.05) is 45.2 Å². The first-order chi connectivity index (χ1) is 12.3. The number of aliphatic hydroxyl groups is 1. The van der Waals surface area contributed by atoms with Crippen LogP contribution in [0, 0.1) is 0 Å². The summed E-state index contributed by atoms with van der Waals surface area (Å²) in [6, 6.07) is 7.70. The minimum Gasteiger partial charge on any atom is -0.390 e. The van der Waals surface area contributed by atoms with Gasteiger partial charge >= 0.3 is 0 Å². The van der Waals surface area contributed by atoms with Gasteiger partial charge in [0.1, 0.15) is 0 Å². The van der Waals surface area contributed by atoms with E-state index in [2.05, 4.69) is 10.2 Å². The summed E-state index contributed by atoms with van der Waals surface area (Å²) < 4.78 is 0. The number of benzene rings is 1. The number of carbonyl (C=O) groups excluding carboxylic acids is 1. The Kier molecular flexibility index (Phi) is 5.47. The molecule has 26 heavy (non-hydrogen) atoms. The highest BCUT2D eigenvalue weighted by molar-refractivity contribution is 5.94. The van der Waals surface area contributed by atoms with Crippen LogP contribution in [0.4, 0.5) is 0 Å². The van der Waals surface area contributed by atoms with E-state index in [0.717, 1.165) is 30.5 Å². The molecule has 0 atom stereocenters. The van der Waals surface area contributed by atoms with Crippen LogP contribution >= 0.6 is 0 Å². The van der Waals surface area contributed by atoms with Gasteiger partial charge in [-0.25, -0.2) is 0 Å². The molecule has 1 aliphatic rings. The van der Waals surface area contributed by atoms with Crippen molar-refractivity contribution in [2.24, 2.45) is 0 Å². The lowest BCUT2D eigenvalue weighted by molar-refractivity contribution is 0.0712. The lowest BCUT2D eigenvalue weighted by atomic mass is 9.96. The third kappa shape index (κ3) is 4.52. The predicted octanol–water partition coefficient (Wildman–Crippen LogP) is 3.26. The van der Waals surface area contributed by atoms with Gasteiger partial charge in [-0.05, 0) is 75.6 Å². The van der Waals surface area contributed by atoms with Gasteiger partial charge in [0.05, 0.1) is 17.8 Å². The first-order valence-electron chi connectivity index (χ1n) is 9.45. The Balaban J connectivity index is 1.62. The van der Waals surface area contributed by atoms with E-state index in [1.54, 1.807) is 4.90 Å². The SMILES string of the molecule is CN(Cc1n[nH]c2c1CCCC2)C(=O)c1ccc(CCC(C)(C)O)cc1. The Labute approximate surface area is 155 Å². The molecule has 0 saturated carbocycles. The van der Waals surface area contributed by atoms with Crippen LogP contribution in [0.15, 0.2) is 24.3 Å². The van der Waals surface area contributed by atoms with Crippen LogP contribution in [0.1, 0.15) is 66.0 Å². The molecule has 5 nitrogen and oxygen atoms in total. The zero-order valence-corrected chi connectivity index (χ0v) is 16.0. The first kappa shape index (κ1) is 18.6. The molecule has 140 valence electrons. The average molecular weight is 355 g/mol. The number of amides is 1. The summed E-state index contributed by atoms with van der Waals surface area (Å²) in [5.41, 5.74) is 4.69.